The quantitative estimate of drug-likeness (QED) is 0.825. The fourth-order valence-corrected chi connectivity index (χ4v) is 3.75. The number of amides is 2. The molecule has 2 amide bonds. The Hall–Kier alpha value is -1.59. The zero-order chi connectivity index (χ0) is 17.6. The molecule has 0 N–H and O–H groups in total. The number of hydrogen-bond acceptors (Lipinski definition) is 3. The van der Waals surface area contributed by atoms with Gasteiger partial charge in [0.1, 0.15) is 0 Å². The Morgan fingerprint density at radius 2 is 1.56 bits per heavy atom. The van der Waals surface area contributed by atoms with Crippen molar-refractivity contribution in [3.05, 3.63) is 34.9 Å². The predicted octanol–water partition coefficient (Wildman–Crippen LogP) is 2.50. The summed E-state index contributed by atoms with van der Waals surface area (Å²) in [5.74, 6) is 0.268. The van der Waals surface area contributed by atoms with E-state index in [4.69, 9.17) is 11.6 Å². The van der Waals surface area contributed by atoms with Crippen LogP contribution in [0.2, 0.25) is 5.02 Å². The summed E-state index contributed by atoms with van der Waals surface area (Å²) in [6.07, 6.45) is 4.09. The first kappa shape index (κ1) is 18.2. The fourth-order valence-electron chi connectivity index (χ4n) is 3.53. The number of carbonyl (C=O) groups is 2. The van der Waals surface area contributed by atoms with Gasteiger partial charge in [-0.25, -0.2) is 0 Å². The summed E-state index contributed by atoms with van der Waals surface area (Å²) in [5, 5.41) is 0.502. The number of likely N-dealkylation sites (tertiary alicyclic amines) is 1. The Labute approximate surface area is 154 Å². The first-order valence-corrected chi connectivity index (χ1v) is 9.57. The molecule has 1 aromatic carbocycles. The molecule has 0 aliphatic carbocycles. The number of hydrogen-bond donors (Lipinski definition) is 0. The van der Waals surface area contributed by atoms with Crippen molar-refractivity contribution in [3.8, 4) is 0 Å². The summed E-state index contributed by atoms with van der Waals surface area (Å²) in [7, 11) is 0. The van der Waals surface area contributed by atoms with E-state index in [-0.39, 0.29) is 11.8 Å². The second-order valence-corrected chi connectivity index (χ2v) is 7.21. The summed E-state index contributed by atoms with van der Waals surface area (Å²) in [6.45, 7) is 5.60. The molecule has 0 radical (unpaired) electrons. The van der Waals surface area contributed by atoms with Gasteiger partial charge >= 0.3 is 0 Å². The minimum Gasteiger partial charge on any atom is -0.343 e. The van der Waals surface area contributed by atoms with Crippen LogP contribution in [0.5, 0.6) is 0 Å². The number of rotatable bonds is 4. The zero-order valence-corrected chi connectivity index (χ0v) is 15.4. The second-order valence-electron chi connectivity index (χ2n) is 6.81. The Kier molecular flexibility index (Phi) is 6.32. The molecule has 0 unspecified atom stereocenters. The van der Waals surface area contributed by atoms with Crippen LogP contribution in [-0.4, -0.2) is 72.3 Å². The highest BCUT2D eigenvalue weighted by atomic mass is 35.5. The normalized spacial score (nSPS) is 19.1. The molecule has 2 aliphatic heterocycles. The summed E-state index contributed by atoms with van der Waals surface area (Å²) in [5.41, 5.74) is 0.567. The highest BCUT2D eigenvalue weighted by molar-refractivity contribution is 6.33. The summed E-state index contributed by atoms with van der Waals surface area (Å²) in [6, 6.07) is 7.18. The first-order valence-electron chi connectivity index (χ1n) is 9.19. The minimum atomic E-state index is -0.00496. The van der Waals surface area contributed by atoms with Crippen molar-refractivity contribution in [2.45, 2.75) is 25.7 Å². The molecule has 0 bridgehead atoms. The summed E-state index contributed by atoms with van der Waals surface area (Å²) < 4.78 is 0. The van der Waals surface area contributed by atoms with E-state index >= 15 is 0 Å². The minimum absolute atomic E-state index is 0.00496. The van der Waals surface area contributed by atoms with Crippen molar-refractivity contribution in [1.82, 2.24) is 14.7 Å². The van der Waals surface area contributed by atoms with Crippen molar-refractivity contribution in [3.63, 3.8) is 0 Å². The van der Waals surface area contributed by atoms with Crippen LogP contribution in [0.4, 0.5) is 0 Å². The van der Waals surface area contributed by atoms with Crippen molar-refractivity contribution >= 4 is 23.4 Å². The monoisotopic (exact) mass is 363 g/mol. The Balaban J connectivity index is 1.43. The molecule has 0 saturated carbocycles. The molecular formula is C19H26ClN3O2. The third kappa shape index (κ3) is 4.73. The molecule has 136 valence electrons. The van der Waals surface area contributed by atoms with Crippen LogP contribution < -0.4 is 0 Å². The van der Waals surface area contributed by atoms with Crippen LogP contribution in [0.15, 0.2) is 24.3 Å². The van der Waals surface area contributed by atoms with E-state index in [0.717, 1.165) is 45.6 Å². The van der Waals surface area contributed by atoms with E-state index in [2.05, 4.69) is 4.90 Å². The molecule has 2 saturated heterocycles. The van der Waals surface area contributed by atoms with Crippen LogP contribution in [0.3, 0.4) is 0 Å². The van der Waals surface area contributed by atoms with E-state index in [9.17, 15) is 9.59 Å². The molecule has 0 spiro atoms. The Bertz CT molecular complexity index is 608. The zero-order valence-electron chi connectivity index (χ0n) is 14.6. The van der Waals surface area contributed by atoms with Crippen molar-refractivity contribution in [2.24, 2.45) is 0 Å². The number of halogens is 1. The van der Waals surface area contributed by atoms with Gasteiger partial charge in [-0.05, 0) is 31.4 Å². The highest BCUT2D eigenvalue weighted by Crippen LogP contribution is 2.18. The molecule has 0 atom stereocenters. The first-order chi connectivity index (χ1) is 12.1. The lowest BCUT2D eigenvalue weighted by atomic mass is 10.1. The van der Waals surface area contributed by atoms with E-state index in [1.165, 1.54) is 6.42 Å². The molecule has 1 aromatic rings. The van der Waals surface area contributed by atoms with Crippen LogP contribution in [-0.2, 0) is 4.79 Å². The molecule has 5 nitrogen and oxygen atoms in total. The van der Waals surface area contributed by atoms with E-state index in [1.54, 1.807) is 12.1 Å². The summed E-state index contributed by atoms with van der Waals surface area (Å²) in [4.78, 5) is 30.9. The molecule has 2 fully saturated rings. The molecule has 6 heteroatoms. The molecule has 0 aromatic heterocycles. The van der Waals surface area contributed by atoms with Gasteiger partial charge in [-0.1, -0.05) is 23.7 Å². The number of benzene rings is 1. The van der Waals surface area contributed by atoms with Crippen LogP contribution in [0.1, 0.15) is 36.0 Å². The lowest BCUT2D eigenvalue weighted by Crippen LogP contribution is -2.49. The van der Waals surface area contributed by atoms with Gasteiger partial charge in [-0.15, -0.1) is 0 Å². The highest BCUT2D eigenvalue weighted by Gasteiger charge is 2.24. The average molecular weight is 364 g/mol. The van der Waals surface area contributed by atoms with Gasteiger partial charge in [0.2, 0.25) is 5.91 Å². The predicted molar refractivity (Wildman–Crippen MR) is 98.8 cm³/mol. The van der Waals surface area contributed by atoms with Gasteiger partial charge in [-0.3, -0.25) is 14.5 Å². The van der Waals surface area contributed by atoms with Gasteiger partial charge in [0.05, 0.1) is 10.6 Å². The average Bonchev–Trinajstić information content (AvgIpc) is 2.67. The maximum atomic E-state index is 12.6. The Morgan fingerprint density at radius 3 is 2.24 bits per heavy atom. The van der Waals surface area contributed by atoms with Crippen molar-refractivity contribution in [1.29, 1.82) is 0 Å². The standard InChI is InChI=1S/C19H26ClN3O2/c20-17-7-3-2-6-16(17)19(25)23-14-12-21(13-15-23)11-8-18(24)22-9-4-1-5-10-22/h2-3,6-7H,1,4-5,8-15H2. The molecule has 2 aliphatic rings. The van der Waals surface area contributed by atoms with Crippen LogP contribution in [0, 0.1) is 0 Å². The maximum Gasteiger partial charge on any atom is 0.255 e. The second kappa shape index (κ2) is 8.68. The van der Waals surface area contributed by atoms with Crippen molar-refractivity contribution in [2.75, 3.05) is 45.8 Å². The molecular weight excluding hydrogens is 338 g/mol. The van der Waals surface area contributed by atoms with E-state index < -0.39 is 0 Å². The Morgan fingerprint density at radius 1 is 0.880 bits per heavy atom. The number of carbonyl (C=O) groups excluding carboxylic acids is 2. The lowest BCUT2D eigenvalue weighted by Gasteiger charge is -2.35. The fraction of sp³-hybridized carbons (Fsp3) is 0.579. The van der Waals surface area contributed by atoms with Gasteiger partial charge < -0.3 is 9.80 Å². The third-order valence-electron chi connectivity index (χ3n) is 5.11. The molecule has 3 rings (SSSR count). The van der Waals surface area contributed by atoms with E-state index in [1.807, 2.05) is 21.9 Å². The van der Waals surface area contributed by atoms with E-state index in [0.29, 0.717) is 30.1 Å². The largest absolute Gasteiger partial charge is 0.343 e. The van der Waals surface area contributed by atoms with Crippen LogP contribution >= 0.6 is 11.6 Å². The number of piperidine rings is 1. The molecule has 25 heavy (non-hydrogen) atoms. The van der Waals surface area contributed by atoms with Gasteiger partial charge in [0, 0.05) is 52.2 Å². The molecule has 2 heterocycles. The smallest absolute Gasteiger partial charge is 0.255 e. The van der Waals surface area contributed by atoms with Gasteiger partial charge in [0.25, 0.3) is 5.91 Å². The van der Waals surface area contributed by atoms with Crippen LogP contribution in [0.25, 0.3) is 0 Å². The maximum absolute atomic E-state index is 12.6. The topological polar surface area (TPSA) is 43.9 Å². The lowest BCUT2D eigenvalue weighted by molar-refractivity contribution is -0.132. The SMILES string of the molecule is O=C(CCN1CCN(C(=O)c2ccccc2Cl)CC1)N1CCCCC1. The van der Waals surface area contributed by atoms with Crippen molar-refractivity contribution < 1.29 is 9.59 Å². The van der Waals surface area contributed by atoms with Gasteiger partial charge in [-0.2, -0.15) is 0 Å². The number of piperazine rings is 1. The third-order valence-corrected chi connectivity index (χ3v) is 5.44. The van der Waals surface area contributed by atoms with Gasteiger partial charge in [0.15, 0.2) is 0 Å². The summed E-state index contributed by atoms with van der Waals surface area (Å²) >= 11 is 6.13. The number of nitrogens with zero attached hydrogens (tertiary/aromatic N) is 3.